The molecule has 0 radical (unpaired) electrons. The first-order valence-electron chi connectivity index (χ1n) is 11.1. The number of hydroxylamine groups is 2. The largest absolute Gasteiger partial charge is 0.573 e. The van der Waals surface area contributed by atoms with Crippen LogP contribution in [-0.2, 0) is 24.7 Å². The summed E-state index contributed by atoms with van der Waals surface area (Å²) in [5, 5.41) is 9.95. The fourth-order valence-electron chi connectivity index (χ4n) is 3.69. The minimum absolute atomic E-state index is 0.0443. The van der Waals surface area contributed by atoms with E-state index in [2.05, 4.69) is 4.74 Å². The van der Waals surface area contributed by atoms with Crippen LogP contribution >= 0.6 is 0 Å². The van der Waals surface area contributed by atoms with E-state index in [1.165, 1.54) is 40.7 Å². The van der Waals surface area contributed by atoms with E-state index in [-0.39, 0.29) is 41.0 Å². The molecule has 1 aliphatic rings. The third kappa shape index (κ3) is 8.31. The molecular formula is C22H25F3N2O8S2. The highest BCUT2D eigenvalue weighted by Crippen LogP contribution is 2.28. The van der Waals surface area contributed by atoms with Crippen LogP contribution in [0, 0.1) is 0 Å². The van der Waals surface area contributed by atoms with E-state index in [0.29, 0.717) is 12.8 Å². The monoisotopic (exact) mass is 566 g/mol. The molecule has 15 heteroatoms. The van der Waals surface area contributed by atoms with Crippen LogP contribution in [0.1, 0.15) is 19.3 Å². The van der Waals surface area contributed by atoms with Crippen molar-refractivity contribution in [3.8, 4) is 17.2 Å². The van der Waals surface area contributed by atoms with Gasteiger partial charge in [-0.25, -0.2) is 26.2 Å². The van der Waals surface area contributed by atoms with E-state index < -0.39 is 49.5 Å². The molecule has 204 valence electrons. The third-order valence-corrected chi connectivity index (χ3v) is 9.25. The summed E-state index contributed by atoms with van der Waals surface area (Å²) in [7, 11) is -8.08. The highest BCUT2D eigenvalue weighted by atomic mass is 32.2. The van der Waals surface area contributed by atoms with Crippen LogP contribution < -0.4 is 9.47 Å². The van der Waals surface area contributed by atoms with Crippen LogP contribution in [0.2, 0.25) is 0 Å². The first-order valence-corrected chi connectivity index (χ1v) is 14.3. The molecule has 1 heterocycles. The number of piperidine rings is 1. The quantitative estimate of drug-likeness (QED) is 0.249. The number of halogens is 3. The predicted molar refractivity (Wildman–Crippen MR) is 124 cm³/mol. The highest BCUT2D eigenvalue weighted by molar-refractivity contribution is 7.91. The van der Waals surface area contributed by atoms with Crippen molar-refractivity contribution in [2.45, 2.75) is 36.6 Å². The molecule has 0 spiro atoms. The van der Waals surface area contributed by atoms with Gasteiger partial charge in [0.2, 0.25) is 16.4 Å². The van der Waals surface area contributed by atoms with Crippen molar-refractivity contribution in [2.24, 2.45) is 0 Å². The molecule has 1 aliphatic heterocycles. The zero-order chi connectivity index (χ0) is 27.3. The van der Waals surface area contributed by atoms with Crippen LogP contribution in [0.3, 0.4) is 0 Å². The van der Waals surface area contributed by atoms with Gasteiger partial charge in [-0.05, 0) is 61.4 Å². The van der Waals surface area contributed by atoms with Crippen LogP contribution in [0.4, 0.5) is 13.2 Å². The molecule has 0 bridgehead atoms. The van der Waals surface area contributed by atoms with Gasteiger partial charge < -0.3 is 9.47 Å². The summed E-state index contributed by atoms with van der Waals surface area (Å²) in [6, 6.07) is 7.98. The number of hydrogen-bond acceptors (Lipinski definition) is 8. The van der Waals surface area contributed by atoms with Gasteiger partial charge in [0, 0.05) is 13.1 Å². The van der Waals surface area contributed by atoms with Crippen LogP contribution in [0.5, 0.6) is 17.2 Å². The molecule has 2 aromatic carbocycles. The Morgan fingerprint density at radius 1 is 0.892 bits per heavy atom. The standard InChI is InChI=1S/C22H25F3N2O8S2/c23-22(24,25)35-20-6-4-18(5-7-20)34-19-8-10-21(11-9-19)36(30,31)14-17(27(29)16-28)15-37(32,33)26-12-2-1-3-13-26/h4-11,16-17,29H,1-3,12-15H2. The number of carbonyl (C=O) groups is 1. The Hall–Kier alpha value is -2.88. The van der Waals surface area contributed by atoms with Gasteiger partial charge in [0.15, 0.2) is 9.84 Å². The second kappa shape index (κ2) is 11.7. The number of sulfonamides is 1. The zero-order valence-corrected chi connectivity index (χ0v) is 21.0. The van der Waals surface area contributed by atoms with Crippen LogP contribution in [0.15, 0.2) is 53.4 Å². The number of sulfone groups is 1. The summed E-state index contributed by atoms with van der Waals surface area (Å²) in [4.78, 5) is 10.9. The Bertz CT molecular complexity index is 1260. The molecule has 10 nitrogen and oxygen atoms in total. The second-order valence-corrected chi connectivity index (χ2v) is 12.3. The number of hydrogen-bond donors (Lipinski definition) is 1. The molecule has 0 aromatic heterocycles. The normalized spacial score (nSPS) is 16.1. The molecule has 1 unspecified atom stereocenters. The topological polar surface area (TPSA) is 131 Å². The molecule has 0 saturated carbocycles. The SMILES string of the molecule is O=CN(O)C(CS(=O)(=O)c1ccc(Oc2ccc(OC(F)(F)F)cc2)cc1)CS(=O)(=O)N1CCCCC1. The van der Waals surface area contributed by atoms with E-state index in [1.807, 2.05) is 0 Å². The average molecular weight is 567 g/mol. The fourth-order valence-corrected chi connectivity index (χ4v) is 7.14. The second-order valence-electron chi connectivity index (χ2n) is 8.25. The summed E-state index contributed by atoms with van der Waals surface area (Å²) >= 11 is 0. The minimum Gasteiger partial charge on any atom is -0.457 e. The van der Waals surface area contributed by atoms with Crippen molar-refractivity contribution >= 4 is 26.3 Å². The Morgan fingerprint density at radius 2 is 1.41 bits per heavy atom. The molecule has 1 N–H and O–H groups in total. The summed E-state index contributed by atoms with van der Waals surface area (Å²) in [6.45, 7) is 0.571. The van der Waals surface area contributed by atoms with Crippen molar-refractivity contribution in [1.29, 1.82) is 0 Å². The van der Waals surface area contributed by atoms with Crippen molar-refractivity contribution < 1.29 is 49.5 Å². The van der Waals surface area contributed by atoms with Gasteiger partial charge in [-0.2, -0.15) is 0 Å². The maximum atomic E-state index is 12.9. The van der Waals surface area contributed by atoms with Gasteiger partial charge >= 0.3 is 6.36 Å². The zero-order valence-electron chi connectivity index (χ0n) is 19.4. The Kier molecular flexibility index (Phi) is 9.05. The van der Waals surface area contributed by atoms with E-state index in [0.717, 1.165) is 18.6 Å². The van der Waals surface area contributed by atoms with E-state index in [1.54, 1.807) is 0 Å². The number of rotatable bonds is 11. The van der Waals surface area contributed by atoms with Crippen LogP contribution in [0.25, 0.3) is 0 Å². The molecule has 2 aromatic rings. The maximum Gasteiger partial charge on any atom is 0.573 e. The number of benzene rings is 2. The van der Waals surface area contributed by atoms with Gasteiger partial charge in [-0.3, -0.25) is 10.0 Å². The predicted octanol–water partition coefficient (Wildman–Crippen LogP) is 3.18. The highest BCUT2D eigenvalue weighted by Gasteiger charge is 2.34. The molecule has 1 atom stereocenters. The van der Waals surface area contributed by atoms with Gasteiger partial charge in [-0.1, -0.05) is 6.42 Å². The van der Waals surface area contributed by atoms with Gasteiger partial charge in [0.05, 0.1) is 22.4 Å². The molecule has 1 saturated heterocycles. The summed E-state index contributed by atoms with van der Waals surface area (Å²) in [6.07, 6.45) is -2.67. The molecule has 1 amide bonds. The lowest BCUT2D eigenvalue weighted by Crippen LogP contribution is -2.47. The molecule has 3 rings (SSSR count). The molecular weight excluding hydrogens is 541 g/mol. The number of alkyl halides is 3. The lowest BCUT2D eigenvalue weighted by Gasteiger charge is -2.29. The number of nitrogens with zero attached hydrogens (tertiary/aromatic N) is 2. The number of carbonyl (C=O) groups excluding carboxylic acids is 1. The van der Waals surface area contributed by atoms with Gasteiger partial charge in [0.25, 0.3) is 0 Å². The van der Waals surface area contributed by atoms with Gasteiger partial charge in [0.1, 0.15) is 17.2 Å². The van der Waals surface area contributed by atoms with Crippen molar-refractivity contribution in [1.82, 2.24) is 9.37 Å². The maximum absolute atomic E-state index is 12.9. The third-order valence-electron chi connectivity index (χ3n) is 5.48. The van der Waals surface area contributed by atoms with Crippen molar-refractivity contribution in [3.63, 3.8) is 0 Å². The Balaban J connectivity index is 1.69. The van der Waals surface area contributed by atoms with Crippen molar-refractivity contribution in [3.05, 3.63) is 48.5 Å². The molecule has 0 aliphatic carbocycles. The molecule has 37 heavy (non-hydrogen) atoms. The van der Waals surface area contributed by atoms with Gasteiger partial charge in [-0.15, -0.1) is 13.2 Å². The van der Waals surface area contributed by atoms with E-state index >= 15 is 0 Å². The number of ether oxygens (including phenoxy) is 2. The summed E-state index contributed by atoms with van der Waals surface area (Å²) in [5.74, 6) is -1.72. The first kappa shape index (κ1) is 28.7. The Labute approximate surface area is 212 Å². The Morgan fingerprint density at radius 3 is 1.92 bits per heavy atom. The lowest BCUT2D eigenvalue weighted by atomic mass is 10.2. The minimum atomic E-state index is -4.83. The first-order chi connectivity index (χ1) is 17.3. The van der Waals surface area contributed by atoms with Crippen LogP contribution in [-0.4, -0.2) is 74.8 Å². The summed E-state index contributed by atoms with van der Waals surface area (Å²) in [5.41, 5.74) is 0. The number of amides is 1. The molecule has 1 fully saturated rings. The fraction of sp³-hybridized carbons (Fsp3) is 0.409. The van der Waals surface area contributed by atoms with E-state index in [9.17, 15) is 40.0 Å². The van der Waals surface area contributed by atoms with Crippen molar-refractivity contribution in [2.75, 3.05) is 24.6 Å². The lowest BCUT2D eigenvalue weighted by molar-refractivity contribution is -0.274. The summed E-state index contributed by atoms with van der Waals surface area (Å²) < 4.78 is 98.6. The smallest absolute Gasteiger partial charge is 0.457 e. The van der Waals surface area contributed by atoms with E-state index in [4.69, 9.17) is 4.74 Å². The average Bonchev–Trinajstić information content (AvgIpc) is 2.84.